The van der Waals surface area contributed by atoms with Crippen molar-refractivity contribution >= 4 is 5.91 Å². The molecule has 0 radical (unpaired) electrons. The Bertz CT molecular complexity index is 491. The molecule has 1 aliphatic rings. The molecule has 2 rings (SSSR count). The van der Waals surface area contributed by atoms with Crippen molar-refractivity contribution in [3.05, 3.63) is 35.4 Å². The van der Waals surface area contributed by atoms with Gasteiger partial charge in [0.2, 0.25) is 5.91 Å². The minimum absolute atomic E-state index is 0.0724. The second kappa shape index (κ2) is 6.31. The fourth-order valence-electron chi connectivity index (χ4n) is 2.54. The number of carbonyl (C=O) groups excluding carboxylic acids is 1. The Morgan fingerprint density at radius 1 is 1.50 bits per heavy atom. The van der Waals surface area contributed by atoms with Crippen LogP contribution in [0.3, 0.4) is 0 Å². The maximum absolute atomic E-state index is 13.4. The summed E-state index contributed by atoms with van der Waals surface area (Å²) in [5.74, 6) is -0.937. The second-order valence-electron chi connectivity index (χ2n) is 5.36. The van der Waals surface area contributed by atoms with Crippen molar-refractivity contribution in [2.24, 2.45) is 5.92 Å². The zero-order valence-electron chi connectivity index (χ0n) is 11.5. The third-order valence-corrected chi connectivity index (χ3v) is 3.88. The molecule has 1 fully saturated rings. The maximum atomic E-state index is 13.4. The van der Waals surface area contributed by atoms with E-state index in [4.69, 9.17) is 0 Å². The predicted molar refractivity (Wildman–Crippen MR) is 71.0 cm³/mol. The highest BCUT2D eigenvalue weighted by molar-refractivity contribution is 5.76. The van der Waals surface area contributed by atoms with Crippen LogP contribution in [0.2, 0.25) is 0 Å². The first kappa shape index (κ1) is 14.9. The molecule has 0 bridgehead atoms. The lowest BCUT2D eigenvalue weighted by Gasteiger charge is -2.17. The number of hydrogen-bond acceptors (Lipinski definition) is 2. The zero-order valence-corrected chi connectivity index (χ0v) is 11.5. The van der Waals surface area contributed by atoms with E-state index in [2.05, 4.69) is 0 Å². The van der Waals surface area contributed by atoms with Gasteiger partial charge in [-0.1, -0.05) is 0 Å². The quantitative estimate of drug-likeness (QED) is 0.919. The number of benzene rings is 1. The van der Waals surface area contributed by atoms with Crippen LogP contribution in [-0.4, -0.2) is 35.1 Å². The molecule has 1 aliphatic heterocycles. The van der Waals surface area contributed by atoms with Crippen molar-refractivity contribution in [3.63, 3.8) is 0 Å². The van der Waals surface area contributed by atoms with Crippen molar-refractivity contribution in [1.29, 1.82) is 0 Å². The van der Waals surface area contributed by atoms with Gasteiger partial charge in [0, 0.05) is 25.4 Å². The SMILES string of the molecule is CC(O)C1CCN(C(=O)CCc2cc(F)ccc2F)C1. The Morgan fingerprint density at radius 2 is 2.25 bits per heavy atom. The van der Waals surface area contributed by atoms with Crippen molar-refractivity contribution < 1.29 is 18.7 Å². The predicted octanol–water partition coefficient (Wildman–Crippen LogP) is 2.13. The number of aliphatic hydroxyl groups is 1. The summed E-state index contributed by atoms with van der Waals surface area (Å²) in [4.78, 5) is 13.7. The molecule has 0 saturated carbocycles. The Balaban J connectivity index is 1.88. The molecule has 2 unspecified atom stereocenters. The number of nitrogens with zero attached hydrogens (tertiary/aromatic N) is 1. The number of aryl methyl sites for hydroxylation is 1. The lowest BCUT2D eigenvalue weighted by atomic mass is 10.0. The standard InChI is InChI=1S/C15H19F2NO2/c1-10(19)12-6-7-18(9-12)15(20)5-2-11-8-13(16)3-4-14(11)17/h3-4,8,10,12,19H,2,5-7,9H2,1H3. The molecule has 0 aromatic heterocycles. The Hall–Kier alpha value is -1.49. The highest BCUT2D eigenvalue weighted by Crippen LogP contribution is 2.21. The van der Waals surface area contributed by atoms with E-state index in [0.29, 0.717) is 13.1 Å². The fraction of sp³-hybridized carbons (Fsp3) is 0.533. The van der Waals surface area contributed by atoms with Gasteiger partial charge in [-0.3, -0.25) is 4.79 Å². The van der Waals surface area contributed by atoms with Crippen LogP contribution in [0.25, 0.3) is 0 Å². The van der Waals surface area contributed by atoms with E-state index < -0.39 is 17.7 Å². The van der Waals surface area contributed by atoms with Crippen LogP contribution in [0.1, 0.15) is 25.3 Å². The van der Waals surface area contributed by atoms with E-state index in [1.54, 1.807) is 11.8 Å². The van der Waals surface area contributed by atoms with Crippen molar-refractivity contribution in [2.75, 3.05) is 13.1 Å². The van der Waals surface area contributed by atoms with Gasteiger partial charge >= 0.3 is 0 Å². The Kier molecular flexibility index (Phi) is 4.70. The van der Waals surface area contributed by atoms with Gasteiger partial charge in [0.25, 0.3) is 0 Å². The summed E-state index contributed by atoms with van der Waals surface area (Å²) in [5.41, 5.74) is 0.227. The van der Waals surface area contributed by atoms with E-state index in [-0.39, 0.29) is 30.2 Å². The number of halogens is 2. The molecule has 1 heterocycles. The highest BCUT2D eigenvalue weighted by Gasteiger charge is 2.28. The summed E-state index contributed by atoms with van der Waals surface area (Å²) < 4.78 is 26.5. The molecule has 1 saturated heterocycles. The van der Waals surface area contributed by atoms with Crippen LogP contribution < -0.4 is 0 Å². The molecule has 1 aromatic rings. The number of hydrogen-bond donors (Lipinski definition) is 1. The first-order valence-corrected chi connectivity index (χ1v) is 6.87. The molecule has 20 heavy (non-hydrogen) atoms. The van der Waals surface area contributed by atoms with Gasteiger partial charge in [-0.15, -0.1) is 0 Å². The molecule has 5 heteroatoms. The molecule has 3 nitrogen and oxygen atoms in total. The zero-order chi connectivity index (χ0) is 14.7. The minimum Gasteiger partial charge on any atom is -0.393 e. The molecule has 2 atom stereocenters. The average Bonchev–Trinajstić information content (AvgIpc) is 2.89. The van der Waals surface area contributed by atoms with Gasteiger partial charge < -0.3 is 10.0 Å². The molecule has 0 aliphatic carbocycles. The van der Waals surface area contributed by atoms with Gasteiger partial charge in [0.05, 0.1) is 6.10 Å². The number of amides is 1. The lowest BCUT2D eigenvalue weighted by molar-refractivity contribution is -0.130. The average molecular weight is 283 g/mol. The monoisotopic (exact) mass is 283 g/mol. The van der Waals surface area contributed by atoms with Gasteiger partial charge in [-0.05, 0) is 43.5 Å². The third-order valence-electron chi connectivity index (χ3n) is 3.88. The maximum Gasteiger partial charge on any atom is 0.222 e. The van der Waals surface area contributed by atoms with Gasteiger partial charge in [0.15, 0.2) is 0 Å². The van der Waals surface area contributed by atoms with E-state index >= 15 is 0 Å². The molecule has 1 N–H and O–H groups in total. The molecule has 1 amide bonds. The first-order chi connectivity index (χ1) is 9.47. The first-order valence-electron chi connectivity index (χ1n) is 6.87. The molecule has 0 spiro atoms. The van der Waals surface area contributed by atoms with Crippen LogP contribution in [0.5, 0.6) is 0 Å². The topological polar surface area (TPSA) is 40.5 Å². The van der Waals surface area contributed by atoms with Gasteiger partial charge in [-0.2, -0.15) is 0 Å². The van der Waals surface area contributed by atoms with Crippen LogP contribution in [0.15, 0.2) is 18.2 Å². The lowest BCUT2D eigenvalue weighted by Crippen LogP contribution is -2.30. The summed E-state index contributed by atoms with van der Waals surface area (Å²) >= 11 is 0. The van der Waals surface area contributed by atoms with Crippen molar-refractivity contribution in [2.45, 2.75) is 32.3 Å². The van der Waals surface area contributed by atoms with E-state index in [1.165, 1.54) is 0 Å². The van der Waals surface area contributed by atoms with Crippen LogP contribution in [0.4, 0.5) is 8.78 Å². The van der Waals surface area contributed by atoms with E-state index in [9.17, 15) is 18.7 Å². The summed E-state index contributed by atoms with van der Waals surface area (Å²) in [6.45, 7) is 2.89. The van der Waals surface area contributed by atoms with E-state index in [1.807, 2.05) is 0 Å². The summed E-state index contributed by atoms with van der Waals surface area (Å²) in [6.07, 6.45) is 0.719. The molecule has 110 valence electrons. The van der Waals surface area contributed by atoms with Crippen LogP contribution in [0, 0.1) is 17.6 Å². The molecular weight excluding hydrogens is 264 g/mol. The number of aliphatic hydroxyl groups excluding tert-OH is 1. The summed E-state index contributed by atoms with van der Waals surface area (Å²) in [7, 11) is 0. The van der Waals surface area contributed by atoms with Crippen molar-refractivity contribution in [3.8, 4) is 0 Å². The van der Waals surface area contributed by atoms with E-state index in [0.717, 1.165) is 24.6 Å². The fourth-order valence-corrected chi connectivity index (χ4v) is 2.54. The second-order valence-corrected chi connectivity index (χ2v) is 5.36. The molecule has 1 aromatic carbocycles. The summed E-state index contributed by atoms with van der Waals surface area (Å²) in [5, 5.41) is 9.50. The number of likely N-dealkylation sites (tertiary alicyclic amines) is 1. The highest BCUT2D eigenvalue weighted by atomic mass is 19.1. The minimum atomic E-state index is -0.496. The normalized spacial score (nSPS) is 20.2. The van der Waals surface area contributed by atoms with Gasteiger partial charge in [-0.25, -0.2) is 8.78 Å². The molecular formula is C15H19F2NO2. The third kappa shape index (κ3) is 3.54. The van der Waals surface area contributed by atoms with Crippen molar-refractivity contribution in [1.82, 2.24) is 4.90 Å². The smallest absolute Gasteiger partial charge is 0.222 e. The van der Waals surface area contributed by atoms with Crippen LogP contribution >= 0.6 is 0 Å². The number of rotatable bonds is 4. The van der Waals surface area contributed by atoms with Crippen LogP contribution in [-0.2, 0) is 11.2 Å². The number of carbonyl (C=O) groups is 1. The Labute approximate surface area is 117 Å². The summed E-state index contributed by atoms with van der Waals surface area (Å²) in [6, 6.07) is 3.27. The Morgan fingerprint density at radius 3 is 2.90 bits per heavy atom. The van der Waals surface area contributed by atoms with Gasteiger partial charge in [0.1, 0.15) is 11.6 Å². The largest absolute Gasteiger partial charge is 0.393 e.